The third-order valence-corrected chi connectivity index (χ3v) is 4.58. The van der Waals surface area contributed by atoms with E-state index in [4.69, 9.17) is 14.2 Å². The minimum Gasteiger partial charge on any atom is -0.377 e. The number of nitrogens with zero attached hydrogens (tertiary/aromatic N) is 1. The lowest BCUT2D eigenvalue weighted by atomic mass is 10.1. The Labute approximate surface area is 133 Å². The van der Waals surface area contributed by atoms with Gasteiger partial charge in [0.2, 0.25) is 0 Å². The van der Waals surface area contributed by atoms with Crippen molar-refractivity contribution in [3.8, 4) is 0 Å². The summed E-state index contributed by atoms with van der Waals surface area (Å²) in [5.74, 6) is 0. The molecule has 0 aliphatic carbocycles. The molecule has 1 aromatic carbocycles. The third-order valence-electron chi connectivity index (χ3n) is 4.58. The molecule has 0 radical (unpaired) electrons. The molecule has 0 N–H and O–H groups in total. The number of ether oxygens (including phenoxy) is 3. The van der Waals surface area contributed by atoms with Gasteiger partial charge in [-0.25, -0.2) is 0 Å². The van der Waals surface area contributed by atoms with Crippen LogP contribution in [0.25, 0.3) is 0 Å². The minimum atomic E-state index is 0.176. The fourth-order valence-corrected chi connectivity index (χ4v) is 3.16. The molecule has 1 aromatic rings. The first-order chi connectivity index (χ1) is 10.8. The predicted molar refractivity (Wildman–Crippen MR) is 86.0 cm³/mol. The maximum absolute atomic E-state index is 5.99. The molecule has 2 aliphatic heterocycles. The van der Waals surface area contributed by atoms with E-state index in [2.05, 4.69) is 36.1 Å². The maximum atomic E-state index is 5.99. The SMILES string of the molecule is CC1COC(c2ccccc2)CN1CCOCC1CCCO1. The molecular formula is C18H27NO3. The number of rotatable bonds is 6. The standard InChI is InChI=1S/C18H27NO3/c1-15-13-22-18(16-6-3-2-4-7-16)12-19(15)9-11-20-14-17-8-5-10-21-17/h2-4,6-7,15,17-18H,5,8-14H2,1H3. The largest absolute Gasteiger partial charge is 0.377 e. The molecule has 3 rings (SSSR count). The highest BCUT2D eigenvalue weighted by atomic mass is 16.5. The normalized spacial score (nSPS) is 29.8. The summed E-state index contributed by atoms with van der Waals surface area (Å²) in [4.78, 5) is 2.47. The van der Waals surface area contributed by atoms with E-state index in [1.807, 2.05) is 6.07 Å². The van der Waals surface area contributed by atoms with Crippen LogP contribution in [0.15, 0.2) is 30.3 Å². The highest BCUT2D eigenvalue weighted by Crippen LogP contribution is 2.24. The molecule has 22 heavy (non-hydrogen) atoms. The van der Waals surface area contributed by atoms with Crippen LogP contribution in [0, 0.1) is 0 Å². The van der Waals surface area contributed by atoms with Gasteiger partial charge >= 0.3 is 0 Å². The number of benzene rings is 1. The fraction of sp³-hybridized carbons (Fsp3) is 0.667. The molecule has 0 spiro atoms. The first-order valence-electron chi connectivity index (χ1n) is 8.43. The van der Waals surface area contributed by atoms with Gasteiger partial charge in [0.25, 0.3) is 0 Å². The van der Waals surface area contributed by atoms with Crippen LogP contribution in [0.5, 0.6) is 0 Å². The molecule has 122 valence electrons. The van der Waals surface area contributed by atoms with Gasteiger partial charge in [0.05, 0.1) is 32.0 Å². The lowest BCUT2D eigenvalue weighted by Gasteiger charge is -2.38. The summed E-state index contributed by atoms with van der Waals surface area (Å²) in [5, 5.41) is 0. The fourth-order valence-electron chi connectivity index (χ4n) is 3.16. The maximum Gasteiger partial charge on any atom is 0.0952 e. The van der Waals surface area contributed by atoms with E-state index in [9.17, 15) is 0 Å². The Bertz CT molecular complexity index is 433. The van der Waals surface area contributed by atoms with Crippen LogP contribution in [0.4, 0.5) is 0 Å². The monoisotopic (exact) mass is 305 g/mol. The second kappa shape index (κ2) is 8.06. The Hall–Kier alpha value is -0.940. The zero-order valence-corrected chi connectivity index (χ0v) is 13.4. The number of hydrogen-bond donors (Lipinski definition) is 0. The van der Waals surface area contributed by atoms with Gasteiger partial charge in [-0.3, -0.25) is 4.90 Å². The van der Waals surface area contributed by atoms with Gasteiger partial charge in [-0.2, -0.15) is 0 Å². The third kappa shape index (κ3) is 4.29. The molecule has 0 amide bonds. The first-order valence-corrected chi connectivity index (χ1v) is 8.43. The molecule has 2 fully saturated rings. The summed E-state index contributed by atoms with van der Waals surface area (Å²) < 4.78 is 17.4. The van der Waals surface area contributed by atoms with Crippen molar-refractivity contribution >= 4 is 0 Å². The zero-order chi connectivity index (χ0) is 15.2. The highest BCUT2D eigenvalue weighted by Gasteiger charge is 2.26. The lowest BCUT2D eigenvalue weighted by Crippen LogP contribution is -2.46. The second-order valence-corrected chi connectivity index (χ2v) is 6.29. The zero-order valence-electron chi connectivity index (χ0n) is 13.4. The predicted octanol–water partition coefficient (Wildman–Crippen LogP) is 2.64. The van der Waals surface area contributed by atoms with E-state index < -0.39 is 0 Å². The summed E-state index contributed by atoms with van der Waals surface area (Å²) in [6, 6.07) is 10.9. The molecule has 3 unspecified atom stereocenters. The van der Waals surface area contributed by atoms with E-state index in [0.29, 0.717) is 12.1 Å². The van der Waals surface area contributed by atoms with Crippen LogP contribution in [0.3, 0.4) is 0 Å². The van der Waals surface area contributed by atoms with Crippen molar-refractivity contribution in [3.05, 3.63) is 35.9 Å². The van der Waals surface area contributed by atoms with Crippen molar-refractivity contribution in [2.75, 3.05) is 39.5 Å². The van der Waals surface area contributed by atoms with Crippen LogP contribution in [-0.4, -0.2) is 56.6 Å². The lowest BCUT2D eigenvalue weighted by molar-refractivity contribution is -0.0702. The molecule has 4 nitrogen and oxygen atoms in total. The average Bonchev–Trinajstić information content (AvgIpc) is 3.07. The molecule has 3 atom stereocenters. The van der Waals surface area contributed by atoms with E-state index in [1.165, 1.54) is 12.0 Å². The van der Waals surface area contributed by atoms with Gasteiger partial charge in [-0.15, -0.1) is 0 Å². The van der Waals surface area contributed by atoms with E-state index >= 15 is 0 Å². The highest BCUT2D eigenvalue weighted by molar-refractivity contribution is 5.18. The Morgan fingerprint density at radius 1 is 1.23 bits per heavy atom. The Morgan fingerprint density at radius 3 is 2.86 bits per heavy atom. The summed E-state index contributed by atoms with van der Waals surface area (Å²) in [6.07, 6.45) is 2.81. The van der Waals surface area contributed by atoms with Gasteiger partial charge in [0.1, 0.15) is 0 Å². The molecular weight excluding hydrogens is 278 g/mol. The first kappa shape index (κ1) is 15.9. The molecule has 0 bridgehead atoms. The van der Waals surface area contributed by atoms with Crippen molar-refractivity contribution in [2.45, 2.75) is 38.0 Å². The van der Waals surface area contributed by atoms with Crippen LogP contribution >= 0.6 is 0 Å². The molecule has 2 saturated heterocycles. The van der Waals surface area contributed by atoms with Crippen LogP contribution < -0.4 is 0 Å². The number of morpholine rings is 1. The van der Waals surface area contributed by atoms with E-state index in [0.717, 1.165) is 45.9 Å². The minimum absolute atomic E-state index is 0.176. The van der Waals surface area contributed by atoms with Gasteiger partial charge in [0, 0.05) is 25.7 Å². The number of hydrogen-bond acceptors (Lipinski definition) is 4. The van der Waals surface area contributed by atoms with Gasteiger partial charge in [0.15, 0.2) is 0 Å². The topological polar surface area (TPSA) is 30.9 Å². The van der Waals surface area contributed by atoms with Crippen LogP contribution in [-0.2, 0) is 14.2 Å². The van der Waals surface area contributed by atoms with Crippen molar-refractivity contribution in [1.29, 1.82) is 0 Å². The summed E-state index contributed by atoms with van der Waals surface area (Å²) in [7, 11) is 0. The van der Waals surface area contributed by atoms with E-state index in [-0.39, 0.29) is 6.10 Å². The Kier molecular flexibility index (Phi) is 5.84. The molecule has 2 heterocycles. The van der Waals surface area contributed by atoms with Gasteiger partial charge in [-0.1, -0.05) is 30.3 Å². The van der Waals surface area contributed by atoms with Crippen LogP contribution in [0.2, 0.25) is 0 Å². The smallest absolute Gasteiger partial charge is 0.0952 e. The van der Waals surface area contributed by atoms with Crippen molar-refractivity contribution in [3.63, 3.8) is 0 Å². The summed E-state index contributed by atoms with van der Waals surface area (Å²) in [6.45, 7) is 7.31. The summed E-state index contributed by atoms with van der Waals surface area (Å²) >= 11 is 0. The van der Waals surface area contributed by atoms with Crippen molar-refractivity contribution in [2.24, 2.45) is 0 Å². The second-order valence-electron chi connectivity index (χ2n) is 6.29. The van der Waals surface area contributed by atoms with Crippen molar-refractivity contribution < 1.29 is 14.2 Å². The van der Waals surface area contributed by atoms with Gasteiger partial charge in [-0.05, 0) is 25.3 Å². The van der Waals surface area contributed by atoms with Crippen molar-refractivity contribution in [1.82, 2.24) is 4.90 Å². The molecule has 2 aliphatic rings. The molecule has 0 aromatic heterocycles. The quantitative estimate of drug-likeness (QED) is 0.756. The van der Waals surface area contributed by atoms with Gasteiger partial charge < -0.3 is 14.2 Å². The molecule has 0 saturated carbocycles. The summed E-state index contributed by atoms with van der Waals surface area (Å²) in [5.41, 5.74) is 1.26. The Balaban J connectivity index is 1.43. The molecule has 4 heteroatoms. The van der Waals surface area contributed by atoms with E-state index in [1.54, 1.807) is 0 Å². The average molecular weight is 305 g/mol. The Morgan fingerprint density at radius 2 is 2.09 bits per heavy atom. The van der Waals surface area contributed by atoms with Crippen LogP contribution in [0.1, 0.15) is 31.4 Å².